The van der Waals surface area contributed by atoms with E-state index in [4.69, 9.17) is 16.3 Å². The van der Waals surface area contributed by atoms with Crippen LogP contribution in [0.25, 0.3) is 0 Å². The first-order chi connectivity index (χ1) is 10.1. The van der Waals surface area contributed by atoms with Gasteiger partial charge in [-0.15, -0.1) is 11.6 Å². The fourth-order valence-corrected chi connectivity index (χ4v) is 2.04. The van der Waals surface area contributed by atoms with Crippen molar-refractivity contribution in [2.45, 2.75) is 20.5 Å². The normalized spacial score (nSPS) is 9.90. The molecule has 0 radical (unpaired) electrons. The number of ether oxygens (including phenoxy) is 1. The van der Waals surface area contributed by atoms with Gasteiger partial charge in [0.15, 0.2) is 0 Å². The van der Waals surface area contributed by atoms with Gasteiger partial charge in [0.2, 0.25) is 0 Å². The molecular formula is C18H16ClFO. The van der Waals surface area contributed by atoms with Gasteiger partial charge in [0, 0.05) is 5.56 Å². The maximum absolute atomic E-state index is 13.2. The molecule has 0 amide bonds. The van der Waals surface area contributed by atoms with E-state index in [0.29, 0.717) is 12.5 Å². The summed E-state index contributed by atoms with van der Waals surface area (Å²) >= 11 is 5.54. The summed E-state index contributed by atoms with van der Waals surface area (Å²) in [5, 5.41) is 0. The monoisotopic (exact) mass is 302 g/mol. The van der Waals surface area contributed by atoms with E-state index in [1.165, 1.54) is 12.1 Å². The predicted octanol–water partition coefficient (Wildman–Crippen LogP) is 4.61. The van der Waals surface area contributed by atoms with Crippen LogP contribution in [-0.4, -0.2) is 5.88 Å². The molecule has 0 fully saturated rings. The van der Waals surface area contributed by atoms with Crippen LogP contribution < -0.4 is 4.74 Å². The number of alkyl halides is 1. The van der Waals surface area contributed by atoms with Gasteiger partial charge in [-0.25, -0.2) is 4.39 Å². The van der Waals surface area contributed by atoms with Crippen molar-refractivity contribution in [2.75, 3.05) is 5.88 Å². The molecule has 3 heteroatoms. The molecule has 0 N–H and O–H groups in total. The predicted molar refractivity (Wildman–Crippen MR) is 84.2 cm³/mol. The zero-order chi connectivity index (χ0) is 15.2. The molecular weight excluding hydrogens is 287 g/mol. The van der Waals surface area contributed by atoms with Crippen LogP contribution in [0.1, 0.15) is 22.3 Å². The SMILES string of the molecule is Cc1ccc(F)cc1COc1ccc(C#CCCl)cc1C. The van der Waals surface area contributed by atoms with E-state index < -0.39 is 0 Å². The lowest BCUT2D eigenvalue weighted by molar-refractivity contribution is 0.302. The molecule has 0 atom stereocenters. The zero-order valence-corrected chi connectivity index (χ0v) is 12.8. The minimum absolute atomic E-state index is 0.248. The van der Waals surface area contributed by atoms with E-state index in [0.717, 1.165) is 28.0 Å². The van der Waals surface area contributed by atoms with Gasteiger partial charge in [0.25, 0.3) is 0 Å². The molecule has 0 aliphatic rings. The molecule has 0 saturated heterocycles. The van der Waals surface area contributed by atoms with Crippen LogP contribution in [0.2, 0.25) is 0 Å². The molecule has 21 heavy (non-hydrogen) atoms. The van der Waals surface area contributed by atoms with E-state index in [1.54, 1.807) is 6.07 Å². The Balaban J connectivity index is 2.11. The van der Waals surface area contributed by atoms with Crippen molar-refractivity contribution in [2.24, 2.45) is 0 Å². The highest BCUT2D eigenvalue weighted by atomic mass is 35.5. The number of hydrogen-bond donors (Lipinski definition) is 0. The van der Waals surface area contributed by atoms with Gasteiger partial charge in [-0.05, 0) is 60.9 Å². The first-order valence-corrected chi connectivity index (χ1v) is 7.17. The minimum Gasteiger partial charge on any atom is -0.489 e. The Morgan fingerprint density at radius 1 is 1.10 bits per heavy atom. The Morgan fingerprint density at radius 3 is 2.62 bits per heavy atom. The summed E-state index contributed by atoms with van der Waals surface area (Å²) < 4.78 is 19.0. The summed E-state index contributed by atoms with van der Waals surface area (Å²) in [5.74, 6) is 6.62. The molecule has 0 saturated carbocycles. The lowest BCUT2D eigenvalue weighted by Gasteiger charge is -2.11. The molecule has 0 bridgehead atoms. The Morgan fingerprint density at radius 2 is 1.90 bits per heavy atom. The van der Waals surface area contributed by atoms with Crippen molar-refractivity contribution in [1.29, 1.82) is 0 Å². The smallest absolute Gasteiger partial charge is 0.123 e. The quantitative estimate of drug-likeness (QED) is 0.594. The second kappa shape index (κ2) is 7.15. The average molecular weight is 303 g/mol. The van der Waals surface area contributed by atoms with E-state index in [9.17, 15) is 4.39 Å². The van der Waals surface area contributed by atoms with Crippen molar-refractivity contribution in [3.05, 3.63) is 64.5 Å². The van der Waals surface area contributed by atoms with E-state index in [2.05, 4.69) is 11.8 Å². The van der Waals surface area contributed by atoms with Crippen LogP contribution in [0.4, 0.5) is 4.39 Å². The maximum Gasteiger partial charge on any atom is 0.123 e. The first-order valence-electron chi connectivity index (χ1n) is 6.63. The van der Waals surface area contributed by atoms with E-state index in [-0.39, 0.29) is 5.82 Å². The third-order valence-electron chi connectivity index (χ3n) is 3.17. The molecule has 2 aromatic rings. The first kappa shape index (κ1) is 15.4. The van der Waals surface area contributed by atoms with Crippen LogP contribution in [0, 0.1) is 31.5 Å². The van der Waals surface area contributed by atoms with Crippen LogP contribution in [0.15, 0.2) is 36.4 Å². The van der Waals surface area contributed by atoms with Gasteiger partial charge < -0.3 is 4.74 Å². The Bertz CT molecular complexity index is 698. The van der Waals surface area contributed by atoms with E-state index in [1.807, 2.05) is 32.0 Å². The number of aryl methyl sites for hydroxylation is 2. The highest BCUT2D eigenvalue weighted by Crippen LogP contribution is 2.21. The van der Waals surface area contributed by atoms with Crippen LogP contribution in [-0.2, 0) is 6.61 Å². The fourth-order valence-electron chi connectivity index (χ4n) is 1.98. The molecule has 2 rings (SSSR count). The van der Waals surface area contributed by atoms with Gasteiger partial charge in [-0.1, -0.05) is 17.9 Å². The van der Waals surface area contributed by atoms with Crippen molar-refractivity contribution >= 4 is 11.6 Å². The summed E-state index contributed by atoms with van der Waals surface area (Å²) in [5.41, 5.74) is 3.76. The molecule has 0 aromatic heterocycles. The fraction of sp³-hybridized carbons (Fsp3) is 0.222. The summed E-state index contributed by atoms with van der Waals surface area (Å²) in [6, 6.07) is 10.4. The average Bonchev–Trinajstić information content (AvgIpc) is 2.47. The number of hydrogen-bond acceptors (Lipinski definition) is 1. The van der Waals surface area contributed by atoms with Crippen LogP contribution >= 0.6 is 11.6 Å². The number of halogens is 2. The molecule has 1 nitrogen and oxygen atoms in total. The van der Waals surface area contributed by atoms with Crippen molar-refractivity contribution in [3.8, 4) is 17.6 Å². The molecule has 2 aromatic carbocycles. The van der Waals surface area contributed by atoms with Crippen LogP contribution in [0.5, 0.6) is 5.75 Å². The lowest BCUT2D eigenvalue weighted by atomic mass is 10.1. The van der Waals surface area contributed by atoms with Gasteiger partial charge in [-0.2, -0.15) is 0 Å². The summed E-state index contributed by atoms with van der Waals surface area (Å²) in [7, 11) is 0. The molecule has 0 unspecified atom stereocenters. The summed E-state index contributed by atoms with van der Waals surface area (Å²) in [6.07, 6.45) is 0. The Labute approximate surface area is 129 Å². The third-order valence-corrected chi connectivity index (χ3v) is 3.30. The van der Waals surface area contributed by atoms with Crippen molar-refractivity contribution < 1.29 is 9.13 Å². The number of rotatable bonds is 3. The Hall–Kier alpha value is -1.98. The van der Waals surface area contributed by atoms with E-state index >= 15 is 0 Å². The van der Waals surface area contributed by atoms with Gasteiger partial charge >= 0.3 is 0 Å². The van der Waals surface area contributed by atoms with Crippen LogP contribution in [0.3, 0.4) is 0 Å². The van der Waals surface area contributed by atoms with Gasteiger partial charge in [0.1, 0.15) is 18.2 Å². The van der Waals surface area contributed by atoms with Gasteiger partial charge in [-0.3, -0.25) is 0 Å². The molecule has 108 valence electrons. The third kappa shape index (κ3) is 4.24. The summed E-state index contributed by atoms with van der Waals surface area (Å²) in [4.78, 5) is 0. The van der Waals surface area contributed by atoms with Crippen molar-refractivity contribution in [3.63, 3.8) is 0 Å². The summed E-state index contributed by atoms with van der Waals surface area (Å²) in [6.45, 7) is 4.24. The molecule has 0 heterocycles. The standard InChI is InChI=1S/C18H16ClFO/c1-13-5-7-17(20)11-16(13)12-21-18-8-6-15(4-3-9-19)10-14(18)2/h5-8,10-11H,9,12H2,1-2H3. The van der Waals surface area contributed by atoms with Crippen molar-refractivity contribution in [1.82, 2.24) is 0 Å². The zero-order valence-electron chi connectivity index (χ0n) is 12.0. The highest BCUT2D eigenvalue weighted by molar-refractivity contribution is 6.19. The largest absolute Gasteiger partial charge is 0.489 e. The Kier molecular flexibility index (Phi) is 5.25. The maximum atomic E-state index is 13.2. The second-order valence-corrected chi connectivity index (χ2v) is 5.04. The number of benzene rings is 2. The highest BCUT2D eigenvalue weighted by Gasteiger charge is 2.04. The molecule has 0 aliphatic heterocycles. The molecule has 0 aliphatic carbocycles. The topological polar surface area (TPSA) is 9.23 Å². The lowest BCUT2D eigenvalue weighted by Crippen LogP contribution is -2.00. The van der Waals surface area contributed by atoms with Gasteiger partial charge in [0.05, 0.1) is 5.88 Å². The molecule has 0 spiro atoms. The second-order valence-electron chi connectivity index (χ2n) is 4.78. The minimum atomic E-state index is -0.248.